The minimum absolute atomic E-state index is 0.189. The molecule has 0 saturated heterocycles. The second-order valence-corrected chi connectivity index (χ2v) is 6.85. The van der Waals surface area contributed by atoms with Crippen LogP contribution in [0.5, 0.6) is 23.0 Å². The van der Waals surface area contributed by atoms with Crippen LogP contribution in [0, 0.1) is 7.14 Å². The molecule has 0 aliphatic rings. The summed E-state index contributed by atoms with van der Waals surface area (Å²) in [6, 6.07) is 11.1. The Bertz CT molecular complexity index is 620. The van der Waals surface area contributed by atoms with Gasteiger partial charge < -0.3 is 24.4 Å². The van der Waals surface area contributed by atoms with Gasteiger partial charge in [0.1, 0.15) is 0 Å². The van der Waals surface area contributed by atoms with E-state index in [-0.39, 0.29) is 12.4 Å². The van der Waals surface area contributed by atoms with E-state index >= 15 is 0 Å². The minimum Gasteiger partial charge on any atom is -0.504 e. The standard InChI is InChI=1S/C9H11IO2.C7H7IO2.C2H6O/c1-3-12-9-6-7(10)4-5-8(9)11-2;1-10-7-3-2-5(8)4-6(7)9;1-2-3/h4-6H,3H2,1-2H3;2-4,9H,1H3;3H,2H2,1H3. The Kier molecular flexibility index (Phi) is 13.7. The highest BCUT2D eigenvalue weighted by Crippen LogP contribution is 2.28. The van der Waals surface area contributed by atoms with E-state index < -0.39 is 0 Å². The van der Waals surface area contributed by atoms with Crippen LogP contribution in [0.1, 0.15) is 13.8 Å². The lowest BCUT2D eigenvalue weighted by atomic mass is 10.3. The van der Waals surface area contributed by atoms with E-state index in [1.165, 1.54) is 7.11 Å². The normalized spacial score (nSPS) is 9.08. The Morgan fingerprint density at radius 2 is 1.32 bits per heavy atom. The van der Waals surface area contributed by atoms with Crippen molar-refractivity contribution < 1.29 is 24.4 Å². The van der Waals surface area contributed by atoms with Crippen LogP contribution in [0.3, 0.4) is 0 Å². The topological polar surface area (TPSA) is 68.2 Å². The van der Waals surface area contributed by atoms with Crippen LogP contribution < -0.4 is 14.2 Å². The monoisotopic (exact) mass is 574 g/mol. The van der Waals surface area contributed by atoms with E-state index in [1.807, 2.05) is 31.2 Å². The minimum atomic E-state index is 0.189. The van der Waals surface area contributed by atoms with Crippen molar-refractivity contribution in [1.82, 2.24) is 0 Å². The van der Waals surface area contributed by atoms with Gasteiger partial charge in [0, 0.05) is 13.7 Å². The van der Waals surface area contributed by atoms with Crippen molar-refractivity contribution in [3.05, 3.63) is 43.5 Å². The van der Waals surface area contributed by atoms with Gasteiger partial charge in [0.2, 0.25) is 0 Å². The number of halogens is 2. The second kappa shape index (κ2) is 14.3. The molecule has 0 saturated carbocycles. The molecular formula is C18H24I2O5. The smallest absolute Gasteiger partial charge is 0.162 e. The fraction of sp³-hybridized carbons (Fsp3) is 0.333. The van der Waals surface area contributed by atoms with Crippen molar-refractivity contribution in [2.24, 2.45) is 0 Å². The average Bonchev–Trinajstić information content (AvgIpc) is 2.57. The highest BCUT2D eigenvalue weighted by atomic mass is 127. The molecule has 0 aromatic heterocycles. The van der Waals surface area contributed by atoms with Crippen LogP contribution in [0.2, 0.25) is 0 Å². The summed E-state index contributed by atoms with van der Waals surface area (Å²) in [4.78, 5) is 0. The number of hydrogen-bond donors (Lipinski definition) is 2. The number of phenols is 1. The van der Waals surface area contributed by atoms with Gasteiger partial charge in [-0.2, -0.15) is 0 Å². The molecule has 2 N–H and O–H groups in total. The lowest BCUT2D eigenvalue weighted by Gasteiger charge is -2.08. The summed E-state index contributed by atoms with van der Waals surface area (Å²) in [6.07, 6.45) is 0. The molecule has 7 heteroatoms. The zero-order valence-corrected chi connectivity index (χ0v) is 19.1. The lowest BCUT2D eigenvalue weighted by molar-refractivity contribution is 0.310. The summed E-state index contributed by atoms with van der Waals surface area (Å²) < 4.78 is 17.5. The zero-order valence-electron chi connectivity index (χ0n) is 14.8. The second-order valence-electron chi connectivity index (χ2n) is 4.36. The van der Waals surface area contributed by atoms with Crippen molar-refractivity contribution >= 4 is 45.2 Å². The quantitative estimate of drug-likeness (QED) is 0.519. The lowest BCUT2D eigenvalue weighted by Crippen LogP contribution is -1.95. The van der Waals surface area contributed by atoms with E-state index in [4.69, 9.17) is 24.4 Å². The van der Waals surface area contributed by atoms with Gasteiger partial charge in [-0.05, 0) is 95.4 Å². The fourth-order valence-electron chi connectivity index (χ4n) is 1.58. The van der Waals surface area contributed by atoms with Gasteiger partial charge in [0.15, 0.2) is 23.0 Å². The fourth-order valence-corrected chi connectivity index (χ4v) is 2.52. The highest BCUT2D eigenvalue weighted by molar-refractivity contribution is 14.1. The predicted molar refractivity (Wildman–Crippen MR) is 117 cm³/mol. The maximum absolute atomic E-state index is 9.16. The molecule has 0 spiro atoms. The Balaban J connectivity index is 0.000000403. The first-order valence-electron chi connectivity index (χ1n) is 7.53. The van der Waals surface area contributed by atoms with E-state index in [9.17, 15) is 0 Å². The van der Waals surface area contributed by atoms with Crippen molar-refractivity contribution in [2.75, 3.05) is 27.4 Å². The van der Waals surface area contributed by atoms with E-state index in [0.29, 0.717) is 12.4 Å². The van der Waals surface area contributed by atoms with Gasteiger partial charge in [-0.1, -0.05) is 0 Å². The van der Waals surface area contributed by atoms with Gasteiger partial charge in [0.05, 0.1) is 20.8 Å². The molecule has 0 fully saturated rings. The number of ether oxygens (including phenoxy) is 3. The molecule has 0 aliphatic heterocycles. The van der Waals surface area contributed by atoms with Crippen LogP contribution in [-0.4, -0.2) is 37.6 Å². The summed E-state index contributed by atoms with van der Waals surface area (Å²) in [5.74, 6) is 2.30. The molecule has 25 heavy (non-hydrogen) atoms. The number of aromatic hydroxyl groups is 1. The SMILES string of the molecule is CCO.CCOc1cc(I)ccc1OC.COc1ccc(I)cc1O. The van der Waals surface area contributed by atoms with Crippen molar-refractivity contribution in [1.29, 1.82) is 0 Å². The summed E-state index contributed by atoms with van der Waals surface area (Å²) in [6.45, 7) is 4.55. The Morgan fingerprint density at radius 3 is 1.76 bits per heavy atom. The van der Waals surface area contributed by atoms with E-state index in [2.05, 4.69) is 45.2 Å². The maximum atomic E-state index is 9.16. The largest absolute Gasteiger partial charge is 0.504 e. The predicted octanol–water partition coefficient (Wildman–Crippen LogP) is 4.70. The van der Waals surface area contributed by atoms with Gasteiger partial charge >= 0.3 is 0 Å². The molecule has 0 heterocycles. The Hall–Kier alpha value is -0.940. The summed E-state index contributed by atoms with van der Waals surface area (Å²) in [5, 5.41) is 16.7. The molecule has 5 nitrogen and oxygen atoms in total. The number of phenolic OH excluding ortho intramolecular Hbond substituents is 1. The third kappa shape index (κ3) is 9.95. The van der Waals surface area contributed by atoms with Gasteiger partial charge in [-0.3, -0.25) is 0 Å². The maximum Gasteiger partial charge on any atom is 0.162 e. The average molecular weight is 574 g/mol. The first-order chi connectivity index (χ1) is 11.9. The molecule has 2 aromatic rings. The number of rotatable bonds is 4. The molecule has 0 unspecified atom stereocenters. The first kappa shape index (κ1) is 24.1. The number of benzene rings is 2. The van der Waals surface area contributed by atoms with Crippen LogP contribution in [-0.2, 0) is 0 Å². The van der Waals surface area contributed by atoms with Crippen molar-refractivity contribution in [3.63, 3.8) is 0 Å². The van der Waals surface area contributed by atoms with Crippen LogP contribution in [0.25, 0.3) is 0 Å². The summed E-state index contributed by atoms with van der Waals surface area (Å²) in [5.41, 5.74) is 0. The van der Waals surface area contributed by atoms with Crippen molar-refractivity contribution in [3.8, 4) is 23.0 Å². The van der Waals surface area contributed by atoms with Crippen LogP contribution >= 0.6 is 45.2 Å². The Morgan fingerprint density at radius 1 is 0.840 bits per heavy atom. The number of methoxy groups -OCH3 is 2. The van der Waals surface area contributed by atoms with Crippen LogP contribution in [0.15, 0.2) is 36.4 Å². The molecule has 2 aromatic carbocycles. The molecule has 0 bridgehead atoms. The molecule has 0 amide bonds. The van der Waals surface area contributed by atoms with Gasteiger partial charge in [-0.25, -0.2) is 0 Å². The van der Waals surface area contributed by atoms with Crippen molar-refractivity contribution in [2.45, 2.75) is 13.8 Å². The number of aliphatic hydroxyl groups excluding tert-OH is 1. The Labute approximate surface area is 176 Å². The van der Waals surface area contributed by atoms with E-state index in [1.54, 1.807) is 26.2 Å². The molecule has 140 valence electrons. The van der Waals surface area contributed by atoms with E-state index in [0.717, 1.165) is 18.6 Å². The third-order valence-corrected chi connectivity index (χ3v) is 3.91. The molecular weight excluding hydrogens is 550 g/mol. The summed E-state index contributed by atoms with van der Waals surface area (Å²) in [7, 11) is 3.17. The first-order valence-corrected chi connectivity index (χ1v) is 9.68. The highest BCUT2D eigenvalue weighted by Gasteiger charge is 2.02. The molecule has 2 rings (SSSR count). The molecule has 0 atom stereocenters. The third-order valence-electron chi connectivity index (χ3n) is 2.57. The van der Waals surface area contributed by atoms with Gasteiger partial charge in [0.25, 0.3) is 0 Å². The number of aliphatic hydroxyl groups is 1. The molecule has 0 aliphatic carbocycles. The molecule has 0 radical (unpaired) electrons. The van der Waals surface area contributed by atoms with Gasteiger partial charge in [-0.15, -0.1) is 0 Å². The zero-order chi connectivity index (χ0) is 19.2. The van der Waals surface area contributed by atoms with Crippen LogP contribution in [0.4, 0.5) is 0 Å². The summed E-state index contributed by atoms with van der Waals surface area (Å²) >= 11 is 4.37. The number of hydrogen-bond acceptors (Lipinski definition) is 5.